The van der Waals surface area contributed by atoms with Crippen LogP contribution in [0.15, 0.2) is 18.3 Å². The van der Waals surface area contributed by atoms with Crippen molar-refractivity contribution in [3.63, 3.8) is 0 Å². The summed E-state index contributed by atoms with van der Waals surface area (Å²) < 4.78 is 3.73. The molecule has 0 unspecified atom stereocenters. The van der Waals surface area contributed by atoms with Crippen LogP contribution in [0.4, 0.5) is 5.69 Å². The van der Waals surface area contributed by atoms with Gasteiger partial charge >= 0.3 is 77.2 Å². The molecular formula is C8H10IN2-. The Kier molecular flexibility index (Phi) is 1.98. The first-order valence-corrected chi connectivity index (χ1v) is 6.14. The summed E-state index contributed by atoms with van der Waals surface area (Å²) in [6.07, 6.45) is 3.07. The van der Waals surface area contributed by atoms with Crippen LogP contribution < -0.4 is 24.6 Å². The van der Waals surface area contributed by atoms with Crippen LogP contribution in [0.3, 0.4) is 0 Å². The van der Waals surface area contributed by atoms with Crippen molar-refractivity contribution in [3.05, 3.63) is 24.0 Å². The van der Waals surface area contributed by atoms with Gasteiger partial charge in [0.05, 0.1) is 0 Å². The Morgan fingerprint density at radius 1 is 1.64 bits per heavy atom. The van der Waals surface area contributed by atoms with Gasteiger partial charge in [0.25, 0.3) is 0 Å². The predicted molar refractivity (Wildman–Crippen MR) is 41.2 cm³/mol. The van der Waals surface area contributed by atoms with Crippen molar-refractivity contribution in [2.24, 2.45) is 0 Å². The number of anilines is 1. The van der Waals surface area contributed by atoms with Crippen molar-refractivity contribution in [3.8, 4) is 0 Å². The molecule has 0 spiro atoms. The van der Waals surface area contributed by atoms with E-state index < -0.39 is 0 Å². The topological polar surface area (TPSA) is 16.1 Å². The molecule has 1 aliphatic rings. The molecular weight excluding hydrogens is 251 g/mol. The quantitative estimate of drug-likeness (QED) is 0.307. The molecule has 60 valence electrons. The fourth-order valence-corrected chi connectivity index (χ4v) is 3.51. The van der Waals surface area contributed by atoms with Gasteiger partial charge in [0.2, 0.25) is 0 Å². The van der Waals surface area contributed by atoms with E-state index in [0.717, 1.165) is 0 Å². The van der Waals surface area contributed by atoms with Crippen LogP contribution in [0.2, 0.25) is 0 Å². The molecule has 0 fully saturated rings. The van der Waals surface area contributed by atoms with Crippen molar-refractivity contribution in [1.82, 2.24) is 4.98 Å². The maximum absolute atomic E-state index is 4.35. The molecule has 0 N–H and O–H groups in total. The fourth-order valence-electron chi connectivity index (χ4n) is 1.23. The molecule has 0 saturated carbocycles. The monoisotopic (exact) mass is 261 g/mol. The summed E-state index contributed by atoms with van der Waals surface area (Å²) in [6, 6.07) is 4.19. The molecule has 0 bridgehead atoms. The first-order chi connectivity index (χ1) is 5.38. The molecule has 2 heterocycles. The van der Waals surface area contributed by atoms with Gasteiger partial charge in [-0.3, -0.25) is 0 Å². The predicted octanol–water partition coefficient (Wildman–Crippen LogP) is -1.92. The SMILES string of the molecule is CN1[I-]CCc2ncccc21. The second kappa shape index (κ2) is 2.97. The van der Waals surface area contributed by atoms with Crippen LogP contribution in [0.25, 0.3) is 0 Å². The third-order valence-electron chi connectivity index (χ3n) is 1.79. The van der Waals surface area contributed by atoms with E-state index in [2.05, 4.69) is 21.2 Å². The van der Waals surface area contributed by atoms with Crippen LogP contribution in [0, 0.1) is 0 Å². The third kappa shape index (κ3) is 1.34. The third-order valence-corrected chi connectivity index (χ3v) is 4.36. The number of fused-ring (bicyclic) bond motifs is 1. The first kappa shape index (κ1) is 7.34. The zero-order valence-electron chi connectivity index (χ0n) is 6.42. The number of hydrogen-bond acceptors (Lipinski definition) is 2. The Bertz CT molecular complexity index is 262. The number of rotatable bonds is 0. The van der Waals surface area contributed by atoms with E-state index in [1.807, 2.05) is 12.3 Å². The van der Waals surface area contributed by atoms with Gasteiger partial charge in [0, 0.05) is 0 Å². The van der Waals surface area contributed by atoms with Gasteiger partial charge in [-0.1, -0.05) is 0 Å². The molecule has 2 rings (SSSR count). The number of halogens is 1. The number of nitrogens with zero attached hydrogens (tertiary/aromatic N) is 2. The molecule has 0 saturated heterocycles. The Labute approximate surface area is 77.2 Å². The molecule has 11 heavy (non-hydrogen) atoms. The molecule has 0 aromatic carbocycles. The Morgan fingerprint density at radius 2 is 2.55 bits per heavy atom. The van der Waals surface area contributed by atoms with Crippen LogP contribution in [0.1, 0.15) is 5.69 Å². The summed E-state index contributed by atoms with van der Waals surface area (Å²) in [4.78, 5) is 4.35. The second-order valence-corrected chi connectivity index (χ2v) is 5.71. The summed E-state index contributed by atoms with van der Waals surface area (Å²) in [5.74, 6) is 0. The zero-order valence-corrected chi connectivity index (χ0v) is 8.58. The zero-order chi connectivity index (χ0) is 7.68. The van der Waals surface area contributed by atoms with Crippen molar-refractivity contribution in [2.75, 3.05) is 14.6 Å². The van der Waals surface area contributed by atoms with Crippen molar-refractivity contribution in [2.45, 2.75) is 6.42 Å². The first-order valence-electron chi connectivity index (χ1n) is 3.65. The Morgan fingerprint density at radius 3 is 3.36 bits per heavy atom. The summed E-state index contributed by atoms with van der Waals surface area (Å²) in [5, 5.41) is 0. The standard InChI is InChI=1S/C8H10IN2/c1-11-8-3-2-6-10-7(8)4-5-9-11/h2-3,6H,4-5H2,1H3/q-1. The van der Waals surface area contributed by atoms with Gasteiger partial charge in [0.15, 0.2) is 0 Å². The molecule has 0 radical (unpaired) electrons. The fraction of sp³-hybridized carbons (Fsp3) is 0.375. The number of hydrogen-bond donors (Lipinski definition) is 0. The maximum atomic E-state index is 4.35. The van der Waals surface area contributed by atoms with Gasteiger partial charge in [-0.2, -0.15) is 0 Å². The van der Waals surface area contributed by atoms with Crippen LogP contribution in [-0.2, 0) is 6.42 Å². The van der Waals surface area contributed by atoms with Gasteiger partial charge in [0.1, 0.15) is 0 Å². The van der Waals surface area contributed by atoms with Gasteiger partial charge in [-0.05, 0) is 0 Å². The Balaban J connectivity index is 2.44. The Hall–Kier alpha value is -0.320. The van der Waals surface area contributed by atoms with Crippen molar-refractivity contribution in [1.29, 1.82) is 0 Å². The number of aryl methyl sites for hydroxylation is 1. The van der Waals surface area contributed by atoms with Gasteiger partial charge < -0.3 is 0 Å². The van der Waals surface area contributed by atoms with Gasteiger partial charge in [-0.15, -0.1) is 0 Å². The molecule has 0 atom stereocenters. The van der Waals surface area contributed by atoms with E-state index in [1.165, 1.54) is 22.2 Å². The van der Waals surface area contributed by atoms with Gasteiger partial charge in [-0.25, -0.2) is 0 Å². The number of aromatic nitrogens is 1. The molecule has 0 amide bonds. The summed E-state index contributed by atoms with van der Waals surface area (Å²) >= 11 is 0.256. The van der Waals surface area contributed by atoms with E-state index in [-0.39, 0.29) is 21.5 Å². The summed E-state index contributed by atoms with van der Waals surface area (Å²) in [6.45, 7) is 0. The van der Waals surface area contributed by atoms with E-state index in [9.17, 15) is 0 Å². The molecule has 2 nitrogen and oxygen atoms in total. The number of alkyl halides is 1. The molecule has 1 aromatic rings. The van der Waals surface area contributed by atoms with Crippen LogP contribution in [-0.4, -0.2) is 16.5 Å². The average molecular weight is 261 g/mol. The number of pyridine rings is 1. The van der Waals surface area contributed by atoms with E-state index in [4.69, 9.17) is 0 Å². The van der Waals surface area contributed by atoms with Crippen LogP contribution >= 0.6 is 0 Å². The summed E-state index contributed by atoms with van der Waals surface area (Å²) in [5.41, 5.74) is 2.63. The second-order valence-electron chi connectivity index (χ2n) is 2.50. The molecule has 3 heteroatoms. The molecule has 1 aliphatic heterocycles. The summed E-state index contributed by atoms with van der Waals surface area (Å²) in [7, 11) is 2.17. The minimum absolute atomic E-state index is 0.256. The van der Waals surface area contributed by atoms with E-state index in [0.29, 0.717) is 0 Å². The van der Waals surface area contributed by atoms with Crippen molar-refractivity contribution < 1.29 is 21.5 Å². The average Bonchev–Trinajstić information content (AvgIpc) is 2.06. The minimum atomic E-state index is 0.256. The van der Waals surface area contributed by atoms with Crippen LogP contribution in [0.5, 0.6) is 0 Å². The normalized spacial score (nSPS) is 17.0. The van der Waals surface area contributed by atoms with E-state index >= 15 is 0 Å². The van der Waals surface area contributed by atoms with E-state index in [1.54, 1.807) is 0 Å². The molecule has 1 aromatic heterocycles. The van der Waals surface area contributed by atoms with Crippen molar-refractivity contribution >= 4 is 5.69 Å². The molecule has 0 aliphatic carbocycles.